The Morgan fingerprint density at radius 1 is 1.39 bits per heavy atom. The van der Waals surface area contributed by atoms with Gasteiger partial charge in [-0.25, -0.2) is 0 Å². The van der Waals surface area contributed by atoms with Gasteiger partial charge in [-0.15, -0.1) is 0 Å². The molecule has 2 heterocycles. The van der Waals surface area contributed by atoms with Crippen molar-refractivity contribution in [1.82, 2.24) is 25.2 Å². The molecule has 0 saturated heterocycles. The predicted octanol–water partition coefficient (Wildman–Crippen LogP) is 1.72. The first-order chi connectivity index (χ1) is 11.0. The molecule has 0 amide bonds. The molecule has 2 N–H and O–H groups in total. The molecule has 0 aromatic carbocycles. The third-order valence-corrected chi connectivity index (χ3v) is 5.07. The van der Waals surface area contributed by atoms with Gasteiger partial charge < -0.3 is 14.9 Å². The molecule has 1 aliphatic carbocycles. The van der Waals surface area contributed by atoms with Crippen LogP contribution in [0.5, 0.6) is 0 Å². The predicted molar refractivity (Wildman–Crippen MR) is 85.2 cm³/mol. The summed E-state index contributed by atoms with van der Waals surface area (Å²) in [6, 6.07) is 0. The first kappa shape index (κ1) is 16.4. The van der Waals surface area contributed by atoms with Gasteiger partial charge in [-0.3, -0.25) is 4.68 Å². The number of halogens is 1. The highest BCUT2D eigenvalue weighted by Crippen LogP contribution is 2.37. The first-order valence-electron chi connectivity index (χ1n) is 7.82. The molecule has 0 spiro atoms. The lowest BCUT2D eigenvalue weighted by molar-refractivity contribution is 0.130. The Labute approximate surface area is 140 Å². The third kappa shape index (κ3) is 3.41. The van der Waals surface area contributed by atoms with E-state index in [0.717, 1.165) is 17.8 Å². The number of aromatic nitrogens is 4. The minimum absolute atomic E-state index is 0.138. The molecular weight excluding hydrogens is 318 g/mol. The van der Waals surface area contributed by atoms with E-state index in [1.165, 1.54) is 0 Å². The van der Waals surface area contributed by atoms with Gasteiger partial charge in [0.15, 0.2) is 5.82 Å². The Bertz CT molecular complexity index is 683. The second-order valence-electron chi connectivity index (χ2n) is 6.28. The Morgan fingerprint density at radius 3 is 2.78 bits per heavy atom. The molecule has 8 heteroatoms. The van der Waals surface area contributed by atoms with Gasteiger partial charge in [-0.1, -0.05) is 16.8 Å². The molecule has 1 fully saturated rings. The molecule has 23 heavy (non-hydrogen) atoms. The summed E-state index contributed by atoms with van der Waals surface area (Å²) in [5, 5.41) is 22.5. The summed E-state index contributed by atoms with van der Waals surface area (Å²) in [6.07, 6.45) is 1.14. The van der Waals surface area contributed by atoms with E-state index in [2.05, 4.69) is 20.6 Å². The molecule has 2 aromatic rings. The average Bonchev–Trinajstić information content (AvgIpc) is 3.16. The fourth-order valence-corrected chi connectivity index (χ4v) is 3.37. The van der Waals surface area contributed by atoms with E-state index in [-0.39, 0.29) is 17.9 Å². The maximum Gasteiger partial charge on any atom is 0.229 e. The standard InChI is InChI=1S/C15H22ClN5O2/c1-8-14(16)12(19-21(8)3)7-17-6-11-4-10(5-13(11)22)15-18-9(2)20-23-15/h10-11,13,17,22H,4-7H2,1-3H3/t10-,11+,13+/m0/s1. The molecule has 3 atom stereocenters. The highest BCUT2D eigenvalue weighted by molar-refractivity contribution is 6.31. The van der Waals surface area contributed by atoms with Gasteiger partial charge in [0.1, 0.15) is 0 Å². The molecule has 0 unspecified atom stereocenters. The second kappa shape index (κ2) is 6.59. The molecule has 126 valence electrons. The van der Waals surface area contributed by atoms with Gasteiger partial charge in [-0.05, 0) is 32.6 Å². The Kier molecular flexibility index (Phi) is 4.70. The molecule has 7 nitrogen and oxygen atoms in total. The highest BCUT2D eigenvalue weighted by Gasteiger charge is 2.36. The zero-order chi connectivity index (χ0) is 16.6. The van der Waals surface area contributed by atoms with E-state index >= 15 is 0 Å². The smallest absolute Gasteiger partial charge is 0.229 e. The van der Waals surface area contributed by atoms with Crippen LogP contribution in [-0.2, 0) is 13.6 Å². The summed E-state index contributed by atoms with van der Waals surface area (Å²) in [5.41, 5.74) is 1.79. The highest BCUT2D eigenvalue weighted by atomic mass is 35.5. The molecule has 0 radical (unpaired) electrons. The summed E-state index contributed by atoms with van der Waals surface area (Å²) >= 11 is 6.24. The fraction of sp³-hybridized carbons (Fsp3) is 0.667. The number of rotatable bonds is 5. The summed E-state index contributed by atoms with van der Waals surface area (Å²) < 4.78 is 7.00. The van der Waals surface area contributed by atoms with Gasteiger partial charge in [-0.2, -0.15) is 10.1 Å². The van der Waals surface area contributed by atoms with Crippen molar-refractivity contribution in [2.75, 3.05) is 6.54 Å². The van der Waals surface area contributed by atoms with Crippen molar-refractivity contribution >= 4 is 11.6 Å². The van der Waals surface area contributed by atoms with Gasteiger partial charge >= 0.3 is 0 Å². The zero-order valence-electron chi connectivity index (χ0n) is 13.6. The third-order valence-electron chi connectivity index (χ3n) is 4.58. The number of aliphatic hydroxyl groups excluding tert-OH is 1. The van der Waals surface area contributed by atoms with Gasteiger partial charge in [0.25, 0.3) is 0 Å². The molecule has 1 aliphatic rings. The molecular formula is C15H22ClN5O2. The van der Waals surface area contributed by atoms with Crippen LogP contribution < -0.4 is 5.32 Å². The number of hydrogen-bond donors (Lipinski definition) is 2. The quantitative estimate of drug-likeness (QED) is 0.862. The van der Waals surface area contributed by atoms with Crippen molar-refractivity contribution in [3.05, 3.63) is 28.1 Å². The Balaban J connectivity index is 1.53. The lowest BCUT2D eigenvalue weighted by Crippen LogP contribution is -2.27. The van der Waals surface area contributed by atoms with Crippen LogP contribution in [-0.4, -0.2) is 37.7 Å². The van der Waals surface area contributed by atoms with Crippen molar-refractivity contribution in [2.45, 2.75) is 45.3 Å². The van der Waals surface area contributed by atoms with Crippen molar-refractivity contribution in [3.8, 4) is 0 Å². The zero-order valence-corrected chi connectivity index (χ0v) is 14.3. The minimum Gasteiger partial charge on any atom is -0.393 e. The van der Waals surface area contributed by atoms with E-state index in [1.54, 1.807) is 11.6 Å². The summed E-state index contributed by atoms with van der Waals surface area (Å²) in [5.74, 6) is 1.57. The molecule has 0 aliphatic heterocycles. The van der Waals surface area contributed by atoms with Crippen LogP contribution in [0.3, 0.4) is 0 Å². The Hall–Kier alpha value is -1.44. The van der Waals surface area contributed by atoms with Crippen molar-refractivity contribution in [1.29, 1.82) is 0 Å². The monoisotopic (exact) mass is 339 g/mol. The number of aryl methyl sites for hydroxylation is 2. The van der Waals surface area contributed by atoms with Gasteiger partial charge in [0.2, 0.25) is 5.89 Å². The van der Waals surface area contributed by atoms with Crippen LogP contribution in [0.15, 0.2) is 4.52 Å². The van der Waals surface area contributed by atoms with E-state index < -0.39 is 0 Å². The SMILES string of the molecule is Cc1noc([C@H]2C[C@H](CNCc3nn(C)c(C)c3Cl)[C@H](O)C2)n1. The van der Waals surface area contributed by atoms with E-state index in [9.17, 15) is 5.11 Å². The molecule has 0 bridgehead atoms. The molecule has 3 rings (SSSR count). The number of aliphatic hydroxyl groups is 1. The lowest BCUT2D eigenvalue weighted by Gasteiger charge is -2.14. The largest absolute Gasteiger partial charge is 0.393 e. The van der Waals surface area contributed by atoms with Gasteiger partial charge in [0, 0.05) is 26.1 Å². The number of nitrogens with one attached hydrogen (secondary N) is 1. The van der Waals surface area contributed by atoms with Crippen molar-refractivity contribution in [2.24, 2.45) is 13.0 Å². The topological polar surface area (TPSA) is 89.0 Å². The van der Waals surface area contributed by atoms with Gasteiger partial charge in [0.05, 0.1) is 22.5 Å². The van der Waals surface area contributed by atoms with Crippen molar-refractivity contribution in [3.63, 3.8) is 0 Å². The van der Waals surface area contributed by atoms with Crippen LogP contribution in [0.25, 0.3) is 0 Å². The molecule has 2 aromatic heterocycles. The van der Waals surface area contributed by atoms with E-state index in [1.807, 2.05) is 14.0 Å². The maximum absolute atomic E-state index is 10.3. The number of hydrogen-bond acceptors (Lipinski definition) is 6. The van der Waals surface area contributed by atoms with Crippen molar-refractivity contribution < 1.29 is 9.63 Å². The molecule has 1 saturated carbocycles. The van der Waals surface area contributed by atoms with Crippen LogP contribution in [0, 0.1) is 19.8 Å². The maximum atomic E-state index is 10.3. The minimum atomic E-state index is -0.361. The Morgan fingerprint density at radius 2 is 2.17 bits per heavy atom. The van der Waals surface area contributed by atoms with E-state index in [0.29, 0.717) is 36.2 Å². The number of nitrogens with zero attached hydrogens (tertiary/aromatic N) is 4. The first-order valence-corrected chi connectivity index (χ1v) is 8.20. The van der Waals surface area contributed by atoms with Crippen LogP contribution in [0.1, 0.15) is 41.9 Å². The fourth-order valence-electron chi connectivity index (χ4n) is 3.14. The van der Waals surface area contributed by atoms with Crippen LogP contribution in [0.2, 0.25) is 5.02 Å². The summed E-state index contributed by atoms with van der Waals surface area (Å²) in [4.78, 5) is 4.27. The summed E-state index contributed by atoms with van der Waals surface area (Å²) in [6.45, 7) is 5.04. The van der Waals surface area contributed by atoms with Crippen LogP contribution >= 0.6 is 11.6 Å². The van der Waals surface area contributed by atoms with Crippen LogP contribution in [0.4, 0.5) is 0 Å². The normalized spacial score (nSPS) is 24.5. The summed E-state index contributed by atoms with van der Waals surface area (Å²) in [7, 11) is 1.88. The van der Waals surface area contributed by atoms with E-state index in [4.69, 9.17) is 16.1 Å². The second-order valence-corrected chi connectivity index (χ2v) is 6.65. The lowest BCUT2D eigenvalue weighted by atomic mass is 10.0. The average molecular weight is 340 g/mol.